The van der Waals surface area contributed by atoms with Crippen molar-refractivity contribution in [3.63, 3.8) is 0 Å². The van der Waals surface area contributed by atoms with Crippen molar-refractivity contribution in [1.29, 1.82) is 0 Å². The Morgan fingerprint density at radius 3 is 2.52 bits per heavy atom. The van der Waals surface area contributed by atoms with Crippen LogP contribution in [0.4, 0.5) is 0 Å². The summed E-state index contributed by atoms with van der Waals surface area (Å²) in [5.74, 6) is -0.153. The molecule has 8 heteroatoms. The summed E-state index contributed by atoms with van der Waals surface area (Å²) in [6.07, 6.45) is 1.73. The van der Waals surface area contributed by atoms with Crippen LogP contribution in [0.5, 0.6) is 0 Å². The third kappa shape index (κ3) is 5.95. The molecule has 0 bridgehead atoms. The van der Waals surface area contributed by atoms with Gasteiger partial charge in [0, 0.05) is 13.1 Å². The van der Waals surface area contributed by atoms with Gasteiger partial charge < -0.3 is 10.1 Å². The van der Waals surface area contributed by atoms with Crippen LogP contribution in [0.15, 0.2) is 24.3 Å². The first-order valence-corrected chi connectivity index (χ1v) is 9.93. The van der Waals surface area contributed by atoms with E-state index in [1.165, 1.54) is 7.11 Å². The number of methoxy groups -OCH3 is 1. The highest BCUT2D eigenvalue weighted by molar-refractivity contribution is 7.88. The number of halogens is 1. The number of ether oxygens (including phenoxy) is 1. The van der Waals surface area contributed by atoms with Gasteiger partial charge in [-0.05, 0) is 43.5 Å². The van der Waals surface area contributed by atoms with Gasteiger partial charge in [-0.25, -0.2) is 17.5 Å². The maximum Gasteiger partial charge on any atom is 0.338 e. The van der Waals surface area contributed by atoms with Crippen LogP contribution in [0.3, 0.4) is 0 Å². The first kappa shape index (κ1) is 21.9. The Morgan fingerprint density at radius 1 is 1.28 bits per heavy atom. The number of benzene rings is 1. The van der Waals surface area contributed by atoms with E-state index in [9.17, 15) is 13.2 Å². The first-order chi connectivity index (χ1) is 11.5. The summed E-state index contributed by atoms with van der Waals surface area (Å²) in [5, 5.41) is 3.32. The third-order valence-corrected chi connectivity index (χ3v) is 6.24. The minimum Gasteiger partial charge on any atom is -0.465 e. The number of hydrogen-bond donors (Lipinski definition) is 1. The molecule has 1 aromatic rings. The van der Waals surface area contributed by atoms with E-state index >= 15 is 0 Å². The maximum atomic E-state index is 12.7. The second-order valence-electron chi connectivity index (χ2n) is 6.06. The zero-order chi connectivity index (χ0) is 17.6. The highest BCUT2D eigenvalue weighted by Gasteiger charge is 2.29. The molecule has 0 atom stereocenters. The zero-order valence-corrected chi connectivity index (χ0v) is 16.4. The van der Waals surface area contributed by atoms with Crippen LogP contribution in [-0.4, -0.2) is 52.0 Å². The molecule has 0 aromatic heterocycles. The lowest BCUT2D eigenvalue weighted by Crippen LogP contribution is -2.41. The van der Waals surface area contributed by atoms with E-state index in [0.29, 0.717) is 30.1 Å². The molecule has 142 valence electrons. The molecule has 1 aliphatic heterocycles. The number of carbonyl (C=O) groups is 1. The number of carbonyl (C=O) groups excluding carboxylic acids is 1. The molecule has 1 heterocycles. The topological polar surface area (TPSA) is 75.7 Å². The predicted molar refractivity (Wildman–Crippen MR) is 100 cm³/mol. The molecule has 0 unspecified atom stereocenters. The first-order valence-electron chi connectivity index (χ1n) is 8.32. The summed E-state index contributed by atoms with van der Waals surface area (Å²) in [6, 6.07) is 6.70. The van der Waals surface area contributed by atoms with Crippen LogP contribution in [0, 0.1) is 5.92 Å². The quantitative estimate of drug-likeness (QED) is 0.721. The molecule has 0 spiro atoms. The lowest BCUT2D eigenvalue weighted by Gasteiger charge is -2.31. The van der Waals surface area contributed by atoms with Gasteiger partial charge in [0.1, 0.15) is 0 Å². The molecule has 2 rings (SSSR count). The zero-order valence-electron chi connectivity index (χ0n) is 14.7. The molecule has 1 fully saturated rings. The van der Waals surface area contributed by atoms with Crippen molar-refractivity contribution in [3.8, 4) is 0 Å². The predicted octanol–water partition coefficient (Wildman–Crippen LogP) is 2.05. The lowest BCUT2D eigenvalue weighted by molar-refractivity contribution is 0.0600. The van der Waals surface area contributed by atoms with Crippen molar-refractivity contribution in [2.24, 2.45) is 5.92 Å². The molecular formula is C17H27ClN2O4S. The van der Waals surface area contributed by atoms with Gasteiger partial charge in [-0.2, -0.15) is 0 Å². The largest absolute Gasteiger partial charge is 0.465 e. The lowest BCUT2D eigenvalue weighted by atomic mass is 9.98. The van der Waals surface area contributed by atoms with Crippen LogP contribution >= 0.6 is 12.4 Å². The van der Waals surface area contributed by atoms with E-state index in [1.54, 1.807) is 28.6 Å². The summed E-state index contributed by atoms with van der Waals surface area (Å²) < 4.78 is 31.7. The summed E-state index contributed by atoms with van der Waals surface area (Å²) >= 11 is 0. The molecule has 1 saturated heterocycles. The van der Waals surface area contributed by atoms with Crippen molar-refractivity contribution in [2.75, 3.05) is 33.3 Å². The van der Waals surface area contributed by atoms with E-state index in [0.717, 1.165) is 25.9 Å². The van der Waals surface area contributed by atoms with Crippen molar-refractivity contribution in [1.82, 2.24) is 9.62 Å². The summed E-state index contributed by atoms with van der Waals surface area (Å²) in [6.45, 7) is 5.02. The summed E-state index contributed by atoms with van der Waals surface area (Å²) in [5.41, 5.74) is 0.796. The molecular weight excluding hydrogens is 364 g/mol. The molecule has 6 nitrogen and oxygen atoms in total. The maximum absolute atomic E-state index is 12.7. The standard InChI is InChI=1S/C17H26N2O4S.ClH/c1-3-18-12-14-8-10-19(11-9-14)24(21,22)13-15-6-4-5-7-16(15)17(20)23-2;/h4-7,14,18H,3,8-13H2,1-2H3;1H. The van der Waals surface area contributed by atoms with Gasteiger partial charge in [0.05, 0.1) is 18.4 Å². The minimum absolute atomic E-state index is 0. The number of hydrogen-bond acceptors (Lipinski definition) is 5. The Hall–Kier alpha value is -1.15. The van der Waals surface area contributed by atoms with Crippen LogP contribution < -0.4 is 5.32 Å². The Kier molecular flexibility index (Phi) is 8.85. The highest BCUT2D eigenvalue weighted by atomic mass is 35.5. The van der Waals surface area contributed by atoms with Gasteiger partial charge in [0.25, 0.3) is 0 Å². The van der Waals surface area contributed by atoms with Crippen molar-refractivity contribution in [2.45, 2.75) is 25.5 Å². The van der Waals surface area contributed by atoms with Crippen LogP contribution in [-0.2, 0) is 20.5 Å². The third-order valence-electron chi connectivity index (χ3n) is 4.41. The van der Waals surface area contributed by atoms with Crippen molar-refractivity contribution >= 4 is 28.4 Å². The Morgan fingerprint density at radius 2 is 1.92 bits per heavy atom. The van der Waals surface area contributed by atoms with Crippen LogP contribution in [0.1, 0.15) is 35.7 Å². The number of esters is 1. The van der Waals surface area contributed by atoms with E-state index in [1.807, 2.05) is 0 Å². The molecule has 0 amide bonds. The fraction of sp³-hybridized carbons (Fsp3) is 0.588. The second-order valence-corrected chi connectivity index (χ2v) is 8.02. The second kappa shape index (κ2) is 10.1. The average molecular weight is 391 g/mol. The van der Waals surface area contributed by atoms with E-state index < -0.39 is 16.0 Å². The van der Waals surface area contributed by atoms with E-state index in [-0.39, 0.29) is 18.2 Å². The molecule has 1 aliphatic rings. The van der Waals surface area contributed by atoms with Gasteiger partial charge in [-0.1, -0.05) is 25.1 Å². The number of piperidine rings is 1. The Balaban J connectivity index is 0.00000312. The molecule has 0 aliphatic carbocycles. The minimum atomic E-state index is -3.44. The summed E-state index contributed by atoms with van der Waals surface area (Å²) in [7, 11) is -2.15. The number of nitrogens with one attached hydrogen (secondary N) is 1. The van der Waals surface area contributed by atoms with Gasteiger partial charge in [0.2, 0.25) is 10.0 Å². The molecule has 25 heavy (non-hydrogen) atoms. The smallest absolute Gasteiger partial charge is 0.338 e. The van der Waals surface area contributed by atoms with Gasteiger partial charge in [-0.3, -0.25) is 0 Å². The Bertz CT molecular complexity index is 658. The number of nitrogens with zero attached hydrogens (tertiary/aromatic N) is 1. The number of rotatable bonds is 7. The van der Waals surface area contributed by atoms with Crippen molar-refractivity contribution < 1.29 is 17.9 Å². The molecule has 1 N–H and O–H groups in total. The molecule has 1 aromatic carbocycles. The Labute approximate surface area is 156 Å². The van der Waals surface area contributed by atoms with Gasteiger partial charge >= 0.3 is 5.97 Å². The fourth-order valence-corrected chi connectivity index (χ4v) is 4.58. The van der Waals surface area contributed by atoms with E-state index in [4.69, 9.17) is 4.74 Å². The monoisotopic (exact) mass is 390 g/mol. The average Bonchev–Trinajstić information content (AvgIpc) is 2.60. The number of sulfonamides is 1. The molecule has 0 saturated carbocycles. The fourth-order valence-electron chi connectivity index (χ4n) is 2.98. The van der Waals surface area contributed by atoms with Crippen LogP contribution in [0.2, 0.25) is 0 Å². The highest BCUT2D eigenvalue weighted by Crippen LogP contribution is 2.22. The van der Waals surface area contributed by atoms with E-state index in [2.05, 4.69) is 12.2 Å². The normalized spacial score (nSPS) is 16.2. The summed E-state index contributed by atoms with van der Waals surface area (Å²) in [4.78, 5) is 11.8. The van der Waals surface area contributed by atoms with Crippen molar-refractivity contribution in [3.05, 3.63) is 35.4 Å². The van der Waals surface area contributed by atoms with Gasteiger partial charge in [0.15, 0.2) is 0 Å². The van der Waals surface area contributed by atoms with Gasteiger partial charge in [-0.15, -0.1) is 12.4 Å². The van der Waals surface area contributed by atoms with Crippen LogP contribution in [0.25, 0.3) is 0 Å². The molecule has 0 radical (unpaired) electrons. The SMILES string of the molecule is CCNCC1CCN(S(=O)(=O)Cc2ccccc2C(=O)OC)CC1.Cl.